The van der Waals surface area contributed by atoms with Crippen molar-refractivity contribution in [2.75, 3.05) is 13.1 Å². The molecule has 0 bridgehead atoms. The van der Waals surface area contributed by atoms with Gasteiger partial charge in [-0.1, -0.05) is 6.92 Å². The second-order valence-electron chi connectivity index (χ2n) is 4.43. The molecule has 6 heteroatoms. The smallest absolute Gasteiger partial charge is 0.326 e. The molecule has 1 atom stereocenters. The van der Waals surface area contributed by atoms with Crippen LogP contribution < -0.4 is 5.32 Å². The Balaban J connectivity index is 2.36. The number of hydrogen-bond donors (Lipinski definition) is 2. The Labute approximate surface area is 106 Å². The van der Waals surface area contributed by atoms with E-state index < -0.39 is 12.0 Å². The van der Waals surface area contributed by atoms with Crippen molar-refractivity contribution in [3.05, 3.63) is 0 Å². The zero-order chi connectivity index (χ0) is 13.5. The second kappa shape index (κ2) is 6.98. The fourth-order valence-electron chi connectivity index (χ4n) is 2.04. The molecule has 0 aliphatic carbocycles. The van der Waals surface area contributed by atoms with Gasteiger partial charge in [-0.25, -0.2) is 4.79 Å². The lowest BCUT2D eigenvalue weighted by atomic mass is 10.2. The van der Waals surface area contributed by atoms with E-state index in [4.69, 9.17) is 5.11 Å². The molecule has 0 aromatic heterocycles. The minimum atomic E-state index is -0.962. The van der Waals surface area contributed by atoms with Gasteiger partial charge in [-0.2, -0.15) is 0 Å². The number of amides is 2. The van der Waals surface area contributed by atoms with Crippen molar-refractivity contribution in [1.82, 2.24) is 10.2 Å². The predicted octanol–water partition coefficient (Wildman–Crippen LogP) is 0.368. The van der Waals surface area contributed by atoms with E-state index in [2.05, 4.69) is 5.32 Å². The summed E-state index contributed by atoms with van der Waals surface area (Å²) in [6.45, 7) is 3.04. The zero-order valence-electron chi connectivity index (χ0n) is 10.6. The number of carboxylic acids is 1. The van der Waals surface area contributed by atoms with Crippen molar-refractivity contribution in [1.29, 1.82) is 0 Å². The lowest BCUT2D eigenvalue weighted by Gasteiger charge is -2.21. The molecule has 0 aromatic rings. The van der Waals surface area contributed by atoms with Crippen LogP contribution in [-0.4, -0.2) is 46.9 Å². The molecule has 1 heterocycles. The van der Waals surface area contributed by atoms with Gasteiger partial charge in [0.2, 0.25) is 11.8 Å². The second-order valence-corrected chi connectivity index (χ2v) is 4.43. The van der Waals surface area contributed by atoms with E-state index in [1.165, 1.54) is 4.90 Å². The summed E-state index contributed by atoms with van der Waals surface area (Å²) in [7, 11) is 0. The average Bonchev–Trinajstić information content (AvgIpc) is 2.82. The molecule has 2 N–H and O–H groups in total. The van der Waals surface area contributed by atoms with Crippen LogP contribution in [0, 0.1) is 0 Å². The summed E-state index contributed by atoms with van der Waals surface area (Å²) in [6, 6.07) is -0.712. The molecule has 2 amide bonds. The van der Waals surface area contributed by atoms with Crippen LogP contribution in [0.25, 0.3) is 0 Å². The number of hydrogen-bond acceptors (Lipinski definition) is 3. The van der Waals surface area contributed by atoms with Crippen molar-refractivity contribution in [2.45, 2.75) is 45.1 Å². The average molecular weight is 256 g/mol. The van der Waals surface area contributed by atoms with Crippen molar-refractivity contribution >= 4 is 17.8 Å². The maximum Gasteiger partial charge on any atom is 0.326 e. The number of carbonyl (C=O) groups is 3. The topological polar surface area (TPSA) is 86.7 Å². The molecular formula is C12H20N2O4. The van der Waals surface area contributed by atoms with Gasteiger partial charge in [0.25, 0.3) is 0 Å². The van der Waals surface area contributed by atoms with Crippen LogP contribution in [0.4, 0.5) is 0 Å². The summed E-state index contributed by atoms with van der Waals surface area (Å²) in [6.07, 6.45) is 2.28. The zero-order valence-corrected chi connectivity index (χ0v) is 10.6. The van der Waals surface area contributed by atoms with Crippen molar-refractivity contribution in [2.24, 2.45) is 0 Å². The molecule has 0 spiro atoms. The highest BCUT2D eigenvalue weighted by atomic mass is 16.4. The van der Waals surface area contributed by atoms with E-state index in [0.717, 1.165) is 6.42 Å². The quantitative estimate of drug-likeness (QED) is 0.718. The summed E-state index contributed by atoms with van der Waals surface area (Å²) in [4.78, 5) is 35.5. The number of aliphatic carboxylic acids is 1. The molecule has 1 saturated heterocycles. The van der Waals surface area contributed by atoms with Crippen LogP contribution in [0.5, 0.6) is 0 Å². The molecule has 0 saturated carbocycles. The highest BCUT2D eigenvalue weighted by Gasteiger charge is 2.33. The molecule has 6 nitrogen and oxygen atoms in total. The molecule has 1 aliphatic rings. The Morgan fingerprint density at radius 3 is 2.67 bits per heavy atom. The first-order valence-electron chi connectivity index (χ1n) is 6.35. The van der Waals surface area contributed by atoms with Gasteiger partial charge >= 0.3 is 5.97 Å². The monoisotopic (exact) mass is 256 g/mol. The Kier molecular flexibility index (Phi) is 5.61. The van der Waals surface area contributed by atoms with Crippen molar-refractivity contribution in [3.63, 3.8) is 0 Å². The SMILES string of the molecule is CCCNC(=O)CCC(=O)N1CCC[C@@H]1C(=O)O. The van der Waals surface area contributed by atoms with Gasteiger partial charge in [-0.3, -0.25) is 9.59 Å². The highest BCUT2D eigenvalue weighted by molar-refractivity contribution is 5.87. The Morgan fingerprint density at radius 1 is 1.33 bits per heavy atom. The molecule has 1 aliphatic heterocycles. The van der Waals surface area contributed by atoms with E-state index in [1.807, 2.05) is 6.92 Å². The lowest BCUT2D eigenvalue weighted by Crippen LogP contribution is -2.40. The third kappa shape index (κ3) is 4.01. The number of likely N-dealkylation sites (tertiary alicyclic amines) is 1. The number of carboxylic acid groups (broad SMARTS) is 1. The van der Waals surface area contributed by atoms with E-state index in [-0.39, 0.29) is 24.7 Å². The molecule has 1 rings (SSSR count). The minimum absolute atomic E-state index is 0.0827. The van der Waals surface area contributed by atoms with Crippen LogP contribution in [0.15, 0.2) is 0 Å². The Morgan fingerprint density at radius 2 is 2.06 bits per heavy atom. The van der Waals surface area contributed by atoms with Gasteiger partial charge in [0.1, 0.15) is 6.04 Å². The maximum absolute atomic E-state index is 11.8. The fourth-order valence-corrected chi connectivity index (χ4v) is 2.04. The van der Waals surface area contributed by atoms with Gasteiger partial charge in [0.05, 0.1) is 0 Å². The number of carbonyl (C=O) groups excluding carboxylic acids is 2. The van der Waals surface area contributed by atoms with Gasteiger partial charge in [-0.05, 0) is 19.3 Å². The van der Waals surface area contributed by atoms with Crippen LogP contribution in [0.2, 0.25) is 0 Å². The molecule has 0 aromatic carbocycles. The summed E-state index contributed by atoms with van der Waals surface area (Å²) in [5.74, 6) is -1.36. The maximum atomic E-state index is 11.8. The molecule has 1 fully saturated rings. The van der Waals surface area contributed by atoms with Crippen molar-refractivity contribution in [3.8, 4) is 0 Å². The predicted molar refractivity (Wildman–Crippen MR) is 64.9 cm³/mol. The van der Waals surface area contributed by atoms with Gasteiger partial charge in [0.15, 0.2) is 0 Å². The first-order chi connectivity index (χ1) is 8.56. The van der Waals surface area contributed by atoms with Gasteiger partial charge < -0.3 is 15.3 Å². The van der Waals surface area contributed by atoms with Crippen LogP contribution in [-0.2, 0) is 14.4 Å². The third-order valence-corrected chi connectivity index (χ3v) is 3.00. The largest absolute Gasteiger partial charge is 0.480 e. The summed E-state index contributed by atoms with van der Waals surface area (Å²) >= 11 is 0. The molecule has 0 radical (unpaired) electrons. The lowest BCUT2D eigenvalue weighted by molar-refractivity contribution is -0.148. The molecule has 18 heavy (non-hydrogen) atoms. The normalized spacial score (nSPS) is 18.7. The van der Waals surface area contributed by atoms with E-state index in [0.29, 0.717) is 25.9 Å². The fraction of sp³-hybridized carbons (Fsp3) is 0.750. The number of rotatable bonds is 6. The van der Waals surface area contributed by atoms with E-state index in [9.17, 15) is 14.4 Å². The molecule has 102 valence electrons. The minimum Gasteiger partial charge on any atom is -0.480 e. The first kappa shape index (κ1) is 14.5. The van der Waals surface area contributed by atoms with E-state index in [1.54, 1.807) is 0 Å². The van der Waals surface area contributed by atoms with Crippen LogP contribution >= 0.6 is 0 Å². The van der Waals surface area contributed by atoms with Gasteiger partial charge in [-0.15, -0.1) is 0 Å². The number of nitrogens with zero attached hydrogens (tertiary/aromatic N) is 1. The third-order valence-electron chi connectivity index (χ3n) is 3.00. The summed E-state index contributed by atoms with van der Waals surface area (Å²) in [5, 5.41) is 11.6. The number of nitrogens with one attached hydrogen (secondary N) is 1. The van der Waals surface area contributed by atoms with Crippen LogP contribution in [0.3, 0.4) is 0 Å². The van der Waals surface area contributed by atoms with Gasteiger partial charge in [0, 0.05) is 25.9 Å². The van der Waals surface area contributed by atoms with Crippen LogP contribution in [0.1, 0.15) is 39.0 Å². The highest BCUT2D eigenvalue weighted by Crippen LogP contribution is 2.18. The standard InChI is InChI=1S/C12H20N2O4/c1-2-7-13-10(15)5-6-11(16)14-8-3-4-9(14)12(17)18/h9H,2-8H2,1H3,(H,13,15)(H,17,18)/t9-/m1/s1. The summed E-state index contributed by atoms with van der Waals surface area (Å²) in [5.41, 5.74) is 0. The summed E-state index contributed by atoms with van der Waals surface area (Å²) < 4.78 is 0. The molecular weight excluding hydrogens is 236 g/mol. The van der Waals surface area contributed by atoms with Crippen molar-refractivity contribution < 1.29 is 19.5 Å². The molecule has 0 unspecified atom stereocenters. The van der Waals surface area contributed by atoms with E-state index >= 15 is 0 Å². The Bertz CT molecular complexity index is 330. The Hall–Kier alpha value is -1.59. The first-order valence-corrected chi connectivity index (χ1v) is 6.35.